The maximum Gasteiger partial charge on any atom is 0.171 e. The Kier molecular flexibility index (Phi) is 5.60. The highest BCUT2D eigenvalue weighted by Crippen LogP contribution is 2.29. The third-order valence-corrected chi connectivity index (χ3v) is 3.35. The summed E-state index contributed by atoms with van der Waals surface area (Å²) in [4.78, 5) is 0. The molecule has 0 fully saturated rings. The van der Waals surface area contributed by atoms with Gasteiger partial charge >= 0.3 is 0 Å². The number of hydrogen-bond donors (Lipinski definition) is 2. The second-order valence-electron chi connectivity index (χ2n) is 4.58. The van der Waals surface area contributed by atoms with Crippen molar-refractivity contribution in [1.29, 1.82) is 0 Å². The van der Waals surface area contributed by atoms with Crippen LogP contribution in [0.15, 0.2) is 30.6 Å². The second kappa shape index (κ2) is 7.65. The third kappa shape index (κ3) is 4.11. The molecule has 2 N–H and O–H groups in total. The van der Waals surface area contributed by atoms with Crippen molar-refractivity contribution in [3.63, 3.8) is 0 Å². The van der Waals surface area contributed by atoms with Crippen LogP contribution in [-0.2, 0) is 13.1 Å². The normalized spacial score (nSPS) is 10.1. The Balaban J connectivity index is 1.91. The number of benzene rings is 1. The number of hydrogen-bond acceptors (Lipinski definition) is 4. The van der Waals surface area contributed by atoms with E-state index in [4.69, 9.17) is 21.7 Å². The molecule has 2 aromatic rings. The van der Waals surface area contributed by atoms with Crippen LogP contribution < -0.4 is 20.1 Å². The number of nitrogens with one attached hydrogen (secondary N) is 2. The molecule has 0 unspecified atom stereocenters. The highest BCUT2D eigenvalue weighted by atomic mass is 32.1. The number of aryl methyl sites for hydroxylation is 1. The molecule has 1 aromatic carbocycles. The van der Waals surface area contributed by atoms with Gasteiger partial charge in [-0.15, -0.1) is 0 Å². The SMILES string of the molecule is CCn1cc(CNC(=S)Nc2ccc(OC)c(OC)c2)cn1. The van der Waals surface area contributed by atoms with Gasteiger partial charge < -0.3 is 20.1 Å². The van der Waals surface area contributed by atoms with E-state index in [1.807, 2.05) is 42.2 Å². The van der Waals surface area contributed by atoms with Crippen molar-refractivity contribution in [2.45, 2.75) is 20.0 Å². The van der Waals surface area contributed by atoms with Gasteiger partial charge in [0.25, 0.3) is 0 Å². The minimum absolute atomic E-state index is 0.538. The van der Waals surface area contributed by atoms with Gasteiger partial charge in [0.15, 0.2) is 16.6 Å². The molecule has 0 radical (unpaired) electrons. The van der Waals surface area contributed by atoms with Gasteiger partial charge in [-0.3, -0.25) is 4.68 Å². The van der Waals surface area contributed by atoms with Crippen molar-refractivity contribution in [3.05, 3.63) is 36.2 Å². The Labute approximate surface area is 135 Å². The average Bonchev–Trinajstić information content (AvgIpc) is 3.01. The fraction of sp³-hybridized carbons (Fsp3) is 0.333. The van der Waals surface area contributed by atoms with Gasteiger partial charge in [-0.05, 0) is 31.3 Å². The van der Waals surface area contributed by atoms with Crippen LogP contribution in [0, 0.1) is 0 Å². The highest BCUT2D eigenvalue weighted by Gasteiger charge is 2.06. The number of thiocarbonyl (C=S) groups is 1. The van der Waals surface area contributed by atoms with E-state index in [9.17, 15) is 0 Å². The smallest absolute Gasteiger partial charge is 0.171 e. The monoisotopic (exact) mass is 320 g/mol. The lowest BCUT2D eigenvalue weighted by Gasteiger charge is -2.12. The maximum atomic E-state index is 5.29. The topological polar surface area (TPSA) is 60.3 Å². The molecule has 0 aliphatic carbocycles. The Morgan fingerprint density at radius 1 is 1.27 bits per heavy atom. The molecule has 118 valence electrons. The Morgan fingerprint density at radius 2 is 2.05 bits per heavy atom. The highest BCUT2D eigenvalue weighted by molar-refractivity contribution is 7.80. The first kappa shape index (κ1) is 16.1. The maximum absolute atomic E-state index is 5.29. The summed E-state index contributed by atoms with van der Waals surface area (Å²) in [5, 5.41) is 11.0. The van der Waals surface area contributed by atoms with Crippen molar-refractivity contribution in [2.75, 3.05) is 19.5 Å². The predicted octanol–water partition coefficient (Wildman–Crippen LogP) is 2.41. The molecule has 1 aromatic heterocycles. The first-order valence-corrected chi connectivity index (χ1v) is 7.35. The standard InChI is InChI=1S/C15H20N4O2S/c1-4-19-10-11(9-17-19)8-16-15(22)18-12-5-6-13(20-2)14(7-12)21-3/h5-7,9-10H,4,8H2,1-3H3,(H2,16,18,22). The third-order valence-electron chi connectivity index (χ3n) is 3.11. The van der Waals surface area contributed by atoms with E-state index < -0.39 is 0 Å². The zero-order chi connectivity index (χ0) is 15.9. The minimum Gasteiger partial charge on any atom is -0.493 e. The molecule has 1 heterocycles. The summed E-state index contributed by atoms with van der Waals surface area (Å²) in [7, 11) is 3.21. The Hall–Kier alpha value is -2.28. The summed E-state index contributed by atoms with van der Waals surface area (Å²) in [5.74, 6) is 1.33. The first-order valence-electron chi connectivity index (χ1n) is 6.94. The van der Waals surface area contributed by atoms with Gasteiger partial charge in [0.1, 0.15) is 0 Å². The van der Waals surface area contributed by atoms with Crippen LogP contribution in [-0.4, -0.2) is 29.1 Å². The fourth-order valence-electron chi connectivity index (χ4n) is 1.94. The molecule has 0 atom stereocenters. The quantitative estimate of drug-likeness (QED) is 0.797. The van der Waals surface area contributed by atoms with Crippen molar-refractivity contribution in [2.24, 2.45) is 0 Å². The Bertz CT molecular complexity index is 642. The minimum atomic E-state index is 0.538. The molecule has 0 spiro atoms. The van der Waals surface area contributed by atoms with Crippen molar-refractivity contribution < 1.29 is 9.47 Å². The molecule has 0 saturated carbocycles. The van der Waals surface area contributed by atoms with Gasteiger partial charge in [-0.25, -0.2) is 0 Å². The molecule has 0 saturated heterocycles. The van der Waals surface area contributed by atoms with Crippen LogP contribution in [0.4, 0.5) is 5.69 Å². The fourth-order valence-corrected chi connectivity index (χ4v) is 2.13. The molecule has 0 aliphatic rings. The zero-order valence-electron chi connectivity index (χ0n) is 12.9. The van der Waals surface area contributed by atoms with E-state index in [1.165, 1.54) is 0 Å². The summed E-state index contributed by atoms with van der Waals surface area (Å²) < 4.78 is 12.3. The number of ether oxygens (including phenoxy) is 2. The lowest BCUT2D eigenvalue weighted by Crippen LogP contribution is -2.27. The van der Waals surface area contributed by atoms with Crippen molar-refractivity contribution >= 4 is 23.0 Å². The molecule has 22 heavy (non-hydrogen) atoms. The largest absolute Gasteiger partial charge is 0.493 e. The molecule has 0 aliphatic heterocycles. The van der Waals surface area contributed by atoms with Gasteiger partial charge in [-0.2, -0.15) is 5.10 Å². The van der Waals surface area contributed by atoms with Crippen LogP contribution in [0.1, 0.15) is 12.5 Å². The number of aromatic nitrogens is 2. The lowest BCUT2D eigenvalue weighted by atomic mass is 10.3. The molecular formula is C15H20N4O2S. The van der Waals surface area contributed by atoms with Crippen molar-refractivity contribution in [3.8, 4) is 11.5 Å². The average molecular weight is 320 g/mol. The van der Waals surface area contributed by atoms with E-state index in [-0.39, 0.29) is 0 Å². The summed E-state index contributed by atoms with van der Waals surface area (Å²) in [5.41, 5.74) is 1.91. The Morgan fingerprint density at radius 3 is 2.68 bits per heavy atom. The summed E-state index contributed by atoms with van der Waals surface area (Å²) in [6.45, 7) is 3.53. The number of methoxy groups -OCH3 is 2. The predicted molar refractivity (Wildman–Crippen MR) is 90.5 cm³/mol. The van der Waals surface area contributed by atoms with Crippen LogP contribution >= 0.6 is 12.2 Å². The molecule has 0 bridgehead atoms. The molecule has 6 nitrogen and oxygen atoms in total. The summed E-state index contributed by atoms with van der Waals surface area (Å²) >= 11 is 5.29. The zero-order valence-corrected chi connectivity index (χ0v) is 13.7. The number of rotatable bonds is 6. The lowest BCUT2D eigenvalue weighted by molar-refractivity contribution is 0.355. The van der Waals surface area contributed by atoms with Crippen LogP contribution in [0.3, 0.4) is 0 Å². The molecule has 7 heteroatoms. The first-order chi connectivity index (χ1) is 10.7. The van der Waals surface area contributed by atoms with E-state index in [2.05, 4.69) is 15.7 Å². The number of nitrogens with zero attached hydrogens (tertiary/aromatic N) is 2. The van der Waals surface area contributed by atoms with E-state index >= 15 is 0 Å². The molecule has 0 amide bonds. The van der Waals surface area contributed by atoms with Crippen LogP contribution in [0.5, 0.6) is 11.5 Å². The van der Waals surface area contributed by atoms with Crippen LogP contribution in [0.2, 0.25) is 0 Å². The van der Waals surface area contributed by atoms with E-state index in [0.717, 1.165) is 17.8 Å². The second-order valence-corrected chi connectivity index (χ2v) is 4.99. The van der Waals surface area contributed by atoms with Crippen LogP contribution in [0.25, 0.3) is 0 Å². The molecule has 2 rings (SSSR count). The van der Waals surface area contributed by atoms with E-state index in [0.29, 0.717) is 23.2 Å². The van der Waals surface area contributed by atoms with Gasteiger partial charge in [0.05, 0.1) is 20.4 Å². The van der Waals surface area contributed by atoms with Gasteiger partial charge in [-0.1, -0.05) is 0 Å². The van der Waals surface area contributed by atoms with E-state index in [1.54, 1.807) is 14.2 Å². The molecular weight excluding hydrogens is 300 g/mol. The van der Waals surface area contributed by atoms with Gasteiger partial charge in [0, 0.05) is 36.6 Å². The summed E-state index contributed by atoms with van der Waals surface area (Å²) in [6.07, 6.45) is 3.82. The van der Waals surface area contributed by atoms with Crippen molar-refractivity contribution in [1.82, 2.24) is 15.1 Å². The number of anilines is 1. The summed E-state index contributed by atoms with van der Waals surface area (Å²) in [6, 6.07) is 5.54. The van der Waals surface area contributed by atoms with Gasteiger partial charge in [0.2, 0.25) is 0 Å².